The molecule has 0 saturated heterocycles. The zero-order valence-corrected chi connectivity index (χ0v) is 11.1. The van der Waals surface area contributed by atoms with Gasteiger partial charge in [-0.1, -0.05) is 12.1 Å². The summed E-state index contributed by atoms with van der Waals surface area (Å²) in [5.74, 6) is -0.448. The predicted molar refractivity (Wildman–Crippen MR) is 69.8 cm³/mol. The van der Waals surface area contributed by atoms with Crippen LogP contribution in [0.2, 0.25) is 0 Å². The Labute approximate surface area is 115 Å². The Bertz CT molecular complexity index is 593. The maximum atomic E-state index is 11.9. The Kier molecular flexibility index (Phi) is 4.04. The van der Waals surface area contributed by atoms with Gasteiger partial charge >= 0.3 is 0 Å². The third kappa shape index (κ3) is 2.97. The number of nitrogens with zero attached hydrogens (tertiary/aromatic N) is 4. The van der Waals surface area contributed by atoms with Gasteiger partial charge in [0.15, 0.2) is 0 Å². The van der Waals surface area contributed by atoms with Crippen LogP contribution in [0, 0.1) is 0 Å². The van der Waals surface area contributed by atoms with E-state index in [-0.39, 0.29) is 17.6 Å². The van der Waals surface area contributed by atoms with Crippen LogP contribution >= 0.6 is 0 Å². The van der Waals surface area contributed by atoms with Gasteiger partial charge in [0.1, 0.15) is 0 Å². The first-order valence-electron chi connectivity index (χ1n) is 5.91. The van der Waals surface area contributed by atoms with E-state index >= 15 is 0 Å². The lowest BCUT2D eigenvalue weighted by molar-refractivity contribution is 0.0772. The number of amides is 2. The molecule has 0 radical (unpaired) electrons. The van der Waals surface area contributed by atoms with Crippen molar-refractivity contribution in [2.75, 3.05) is 14.1 Å². The number of tetrazole rings is 1. The molecule has 2 aromatic rings. The highest BCUT2D eigenvalue weighted by Gasteiger charge is 2.16. The minimum atomic E-state index is -0.325. The smallest absolute Gasteiger partial charge is 0.295 e. The number of rotatable bonds is 4. The summed E-state index contributed by atoms with van der Waals surface area (Å²) in [6.45, 7) is 0.390. The van der Waals surface area contributed by atoms with E-state index in [2.05, 4.69) is 25.9 Å². The molecule has 0 aliphatic heterocycles. The van der Waals surface area contributed by atoms with Crippen molar-refractivity contribution in [1.29, 1.82) is 0 Å². The van der Waals surface area contributed by atoms with Crippen molar-refractivity contribution in [1.82, 2.24) is 30.8 Å². The van der Waals surface area contributed by atoms with Gasteiger partial charge in [-0.3, -0.25) is 9.59 Å². The summed E-state index contributed by atoms with van der Waals surface area (Å²) in [6.07, 6.45) is 0. The second-order valence-corrected chi connectivity index (χ2v) is 4.17. The summed E-state index contributed by atoms with van der Waals surface area (Å²) < 4.78 is 0. The number of benzene rings is 1. The average molecular weight is 274 g/mol. The zero-order chi connectivity index (χ0) is 14.5. The second kappa shape index (κ2) is 5.91. The summed E-state index contributed by atoms with van der Waals surface area (Å²) in [4.78, 5) is 24.8. The van der Waals surface area contributed by atoms with Gasteiger partial charge in [0, 0.05) is 26.2 Å². The summed E-state index contributed by atoms with van der Waals surface area (Å²) in [5.41, 5.74) is 1.47. The summed E-state index contributed by atoms with van der Waals surface area (Å²) in [7, 11) is 3.22. The molecule has 0 saturated carbocycles. The Morgan fingerprint density at radius 3 is 2.55 bits per heavy atom. The van der Waals surface area contributed by atoms with E-state index in [0.717, 1.165) is 5.56 Å². The second-order valence-electron chi connectivity index (χ2n) is 4.17. The first-order chi connectivity index (χ1) is 9.61. The SMILES string of the molecule is CNC(=O)c1ccc(CN(C)C(=O)c2nn[nH]n2)cc1. The van der Waals surface area contributed by atoms with Gasteiger partial charge in [-0.25, -0.2) is 0 Å². The fourth-order valence-corrected chi connectivity index (χ4v) is 1.67. The first kappa shape index (κ1) is 13.7. The van der Waals surface area contributed by atoms with Crippen molar-refractivity contribution in [3.8, 4) is 0 Å². The van der Waals surface area contributed by atoms with Gasteiger partial charge in [0.05, 0.1) is 0 Å². The number of aromatic amines is 1. The Morgan fingerprint density at radius 2 is 2.00 bits per heavy atom. The van der Waals surface area contributed by atoms with Gasteiger partial charge in [0.25, 0.3) is 17.6 Å². The van der Waals surface area contributed by atoms with Crippen molar-refractivity contribution in [3.05, 3.63) is 41.2 Å². The molecule has 0 aliphatic carbocycles. The molecule has 2 N–H and O–H groups in total. The maximum absolute atomic E-state index is 11.9. The highest BCUT2D eigenvalue weighted by Crippen LogP contribution is 2.08. The zero-order valence-electron chi connectivity index (χ0n) is 11.1. The number of hydrogen-bond acceptors (Lipinski definition) is 5. The average Bonchev–Trinajstić information content (AvgIpc) is 3.00. The largest absolute Gasteiger partial charge is 0.355 e. The number of H-pyrrole nitrogens is 1. The minimum Gasteiger partial charge on any atom is -0.355 e. The van der Waals surface area contributed by atoms with Gasteiger partial charge in [-0.05, 0) is 22.9 Å². The molecular formula is C12H14N6O2. The minimum absolute atomic E-state index is 0.0227. The lowest BCUT2D eigenvalue weighted by Gasteiger charge is -2.15. The van der Waals surface area contributed by atoms with Crippen molar-refractivity contribution >= 4 is 11.8 Å². The Morgan fingerprint density at radius 1 is 1.30 bits per heavy atom. The molecule has 2 rings (SSSR count). The van der Waals surface area contributed by atoms with Crippen molar-refractivity contribution in [2.24, 2.45) is 0 Å². The number of hydrogen-bond donors (Lipinski definition) is 2. The van der Waals surface area contributed by atoms with E-state index in [1.807, 2.05) is 0 Å². The summed E-state index contributed by atoms with van der Waals surface area (Å²) in [5, 5.41) is 15.4. The third-order valence-corrected chi connectivity index (χ3v) is 2.75. The first-order valence-corrected chi connectivity index (χ1v) is 5.91. The standard InChI is InChI=1S/C12H14N6O2/c1-13-11(19)9-5-3-8(4-6-9)7-18(2)12(20)10-14-16-17-15-10/h3-6H,7H2,1-2H3,(H,13,19)(H,14,15,16,17). The molecule has 1 aromatic heterocycles. The monoisotopic (exact) mass is 274 g/mol. The van der Waals surface area contributed by atoms with Crippen LogP contribution in [-0.4, -0.2) is 51.4 Å². The number of nitrogens with one attached hydrogen (secondary N) is 2. The number of aromatic nitrogens is 4. The predicted octanol–water partition coefficient (Wildman–Crippen LogP) is -0.168. The van der Waals surface area contributed by atoms with Crippen LogP contribution in [0.4, 0.5) is 0 Å². The normalized spacial score (nSPS) is 10.1. The molecule has 8 heteroatoms. The molecule has 1 aromatic carbocycles. The van der Waals surface area contributed by atoms with E-state index < -0.39 is 0 Å². The van der Waals surface area contributed by atoms with Crippen LogP contribution in [0.15, 0.2) is 24.3 Å². The van der Waals surface area contributed by atoms with Gasteiger partial charge in [-0.2, -0.15) is 5.21 Å². The van der Waals surface area contributed by atoms with E-state index in [1.54, 1.807) is 38.4 Å². The lowest BCUT2D eigenvalue weighted by Crippen LogP contribution is -2.27. The molecule has 0 fully saturated rings. The molecule has 104 valence electrons. The molecule has 1 heterocycles. The van der Waals surface area contributed by atoms with Gasteiger partial charge in [-0.15, -0.1) is 10.2 Å². The number of carbonyl (C=O) groups excluding carboxylic acids is 2. The van der Waals surface area contributed by atoms with E-state index in [4.69, 9.17) is 0 Å². The molecule has 2 amide bonds. The quantitative estimate of drug-likeness (QED) is 0.805. The highest BCUT2D eigenvalue weighted by atomic mass is 16.2. The van der Waals surface area contributed by atoms with Crippen molar-refractivity contribution in [2.45, 2.75) is 6.54 Å². The van der Waals surface area contributed by atoms with Gasteiger partial charge in [0.2, 0.25) is 0 Å². The van der Waals surface area contributed by atoms with E-state index in [9.17, 15) is 9.59 Å². The summed E-state index contributed by atoms with van der Waals surface area (Å²) in [6, 6.07) is 7.01. The van der Waals surface area contributed by atoms with Crippen LogP contribution in [0.3, 0.4) is 0 Å². The Hall–Kier alpha value is -2.77. The van der Waals surface area contributed by atoms with E-state index in [1.165, 1.54) is 4.90 Å². The molecule has 0 spiro atoms. The molecule has 0 aliphatic rings. The van der Waals surface area contributed by atoms with Crippen LogP contribution in [-0.2, 0) is 6.54 Å². The van der Waals surface area contributed by atoms with Crippen LogP contribution in [0.25, 0.3) is 0 Å². The molecule has 8 nitrogen and oxygen atoms in total. The van der Waals surface area contributed by atoms with Gasteiger partial charge < -0.3 is 10.2 Å². The van der Waals surface area contributed by atoms with Crippen LogP contribution in [0.5, 0.6) is 0 Å². The molecule has 0 unspecified atom stereocenters. The Balaban J connectivity index is 2.03. The fraction of sp³-hybridized carbons (Fsp3) is 0.250. The molecule has 20 heavy (non-hydrogen) atoms. The lowest BCUT2D eigenvalue weighted by atomic mass is 10.1. The maximum Gasteiger partial charge on any atom is 0.295 e. The van der Waals surface area contributed by atoms with Crippen molar-refractivity contribution in [3.63, 3.8) is 0 Å². The summed E-state index contributed by atoms with van der Waals surface area (Å²) >= 11 is 0. The molecule has 0 bridgehead atoms. The number of carbonyl (C=O) groups is 2. The third-order valence-electron chi connectivity index (χ3n) is 2.75. The molecular weight excluding hydrogens is 260 g/mol. The topological polar surface area (TPSA) is 104 Å². The fourth-order valence-electron chi connectivity index (χ4n) is 1.67. The van der Waals surface area contributed by atoms with E-state index in [0.29, 0.717) is 12.1 Å². The highest BCUT2D eigenvalue weighted by molar-refractivity contribution is 5.94. The van der Waals surface area contributed by atoms with Crippen LogP contribution in [0.1, 0.15) is 26.5 Å². The molecule has 0 atom stereocenters. The van der Waals surface area contributed by atoms with Crippen molar-refractivity contribution < 1.29 is 9.59 Å². The van der Waals surface area contributed by atoms with Crippen LogP contribution < -0.4 is 5.32 Å².